The van der Waals surface area contributed by atoms with Crippen LogP contribution in [0, 0.1) is 0 Å². The van der Waals surface area contributed by atoms with Crippen LogP contribution in [0.25, 0.3) is 11.1 Å². The van der Waals surface area contributed by atoms with Crippen molar-refractivity contribution in [3.8, 4) is 22.6 Å². The van der Waals surface area contributed by atoms with Crippen LogP contribution in [0.2, 0.25) is 0 Å². The van der Waals surface area contributed by atoms with Crippen molar-refractivity contribution >= 4 is 5.69 Å². The lowest BCUT2D eigenvalue weighted by atomic mass is 10.0. The summed E-state index contributed by atoms with van der Waals surface area (Å²) in [6.07, 6.45) is 0. The van der Waals surface area contributed by atoms with Crippen LogP contribution in [-0.4, -0.2) is 12.2 Å². The molecule has 2 aromatic rings. The molecule has 0 radical (unpaired) electrons. The smallest absolute Gasteiger partial charge is 0.123 e. The van der Waals surface area contributed by atoms with Crippen LogP contribution in [0.4, 0.5) is 5.69 Å². The van der Waals surface area contributed by atoms with Crippen molar-refractivity contribution in [1.29, 1.82) is 0 Å². The maximum absolute atomic E-state index is 9.76. The number of phenols is 1. The van der Waals surface area contributed by atoms with Crippen LogP contribution < -0.4 is 10.5 Å². The second-order valence-electron chi connectivity index (χ2n) is 3.51. The number of nitrogen functional groups attached to an aromatic ring is 1. The zero-order valence-corrected chi connectivity index (χ0v) is 8.97. The lowest BCUT2D eigenvalue weighted by Crippen LogP contribution is -1.87. The molecule has 0 heterocycles. The fraction of sp³-hybridized carbons (Fsp3) is 0.0769. The number of phenolic OH excluding ortho intramolecular Hbond substituents is 1. The number of benzene rings is 2. The molecule has 82 valence electrons. The average molecular weight is 215 g/mol. The lowest BCUT2D eigenvalue weighted by molar-refractivity contribution is 0.415. The molecule has 0 fully saturated rings. The van der Waals surface area contributed by atoms with E-state index in [1.165, 1.54) is 0 Å². The number of aromatic hydroxyl groups is 1. The van der Waals surface area contributed by atoms with E-state index in [4.69, 9.17) is 10.5 Å². The van der Waals surface area contributed by atoms with Gasteiger partial charge in [-0.15, -0.1) is 0 Å². The molecule has 3 heteroatoms. The summed E-state index contributed by atoms with van der Waals surface area (Å²) in [5, 5.41) is 9.76. The van der Waals surface area contributed by atoms with Crippen LogP contribution in [0.3, 0.4) is 0 Å². The predicted molar refractivity (Wildman–Crippen MR) is 64.5 cm³/mol. The number of nitrogens with two attached hydrogens (primary N) is 1. The van der Waals surface area contributed by atoms with Crippen molar-refractivity contribution in [2.75, 3.05) is 12.8 Å². The van der Waals surface area contributed by atoms with Crippen molar-refractivity contribution in [3.63, 3.8) is 0 Å². The Morgan fingerprint density at radius 2 is 1.94 bits per heavy atom. The Hall–Kier alpha value is -2.16. The van der Waals surface area contributed by atoms with Crippen molar-refractivity contribution in [2.45, 2.75) is 0 Å². The van der Waals surface area contributed by atoms with E-state index in [0.29, 0.717) is 11.3 Å². The molecule has 0 aliphatic carbocycles. The van der Waals surface area contributed by atoms with Gasteiger partial charge in [-0.3, -0.25) is 0 Å². The molecule has 0 aliphatic rings. The fourth-order valence-corrected chi connectivity index (χ4v) is 1.58. The van der Waals surface area contributed by atoms with E-state index in [1.54, 1.807) is 25.3 Å². The molecule has 3 nitrogen and oxygen atoms in total. The standard InChI is InChI=1S/C13H13NO2/c1-16-11-4-2-3-9(7-11)12-8-10(14)5-6-13(12)15/h2-8,15H,14H2,1H3. The van der Waals surface area contributed by atoms with E-state index in [2.05, 4.69) is 0 Å². The Balaban J connectivity index is 2.53. The summed E-state index contributed by atoms with van der Waals surface area (Å²) >= 11 is 0. The minimum absolute atomic E-state index is 0.211. The third kappa shape index (κ3) is 1.93. The molecule has 0 saturated carbocycles. The molecule has 0 saturated heterocycles. The van der Waals surface area contributed by atoms with Gasteiger partial charge in [0.25, 0.3) is 0 Å². The quantitative estimate of drug-likeness (QED) is 0.598. The largest absolute Gasteiger partial charge is 0.507 e. The number of hydrogen-bond donors (Lipinski definition) is 2. The molecular weight excluding hydrogens is 202 g/mol. The normalized spacial score (nSPS) is 10.1. The lowest BCUT2D eigenvalue weighted by Gasteiger charge is -2.07. The summed E-state index contributed by atoms with van der Waals surface area (Å²) in [5.74, 6) is 0.960. The fourth-order valence-electron chi connectivity index (χ4n) is 1.58. The van der Waals surface area contributed by atoms with Gasteiger partial charge in [-0.25, -0.2) is 0 Å². The summed E-state index contributed by atoms with van der Waals surface area (Å²) in [6, 6.07) is 12.5. The Morgan fingerprint density at radius 1 is 1.12 bits per heavy atom. The van der Waals surface area contributed by atoms with Gasteiger partial charge >= 0.3 is 0 Å². The van der Waals surface area contributed by atoms with Crippen LogP contribution >= 0.6 is 0 Å². The van der Waals surface area contributed by atoms with Crippen molar-refractivity contribution < 1.29 is 9.84 Å². The highest BCUT2D eigenvalue weighted by molar-refractivity contribution is 5.74. The van der Waals surface area contributed by atoms with Gasteiger partial charge in [-0.1, -0.05) is 12.1 Å². The van der Waals surface area contributed by atoms with Gasteiger partial charge in [0, 0.05) is 11.3 Å². The maximum atomic E-state index is 9.76. The van der Waals surface area contributed by atoms with E-state index in [1.807, 2.05) is 24.3 Å². The molecule has 0 bridgehead atoms. The summed E-state index contributed by atoms with van der Waals surface area (Å²) in [7, 11) is 1.61. The average Bonchev–Trinajstić information content (AvgIpc) is 2.32. The molecule has 3 N–H and O–H groups in total. The van der Waals surface area contributed by atoms with Crippen molar-refractivity contribution in [3.05, 3.63) is 42.5 Å². The van der Waals surface area contributed by atoms with Gasteiger partial charge in [0.1, 0.15) is 11.5 Å². The van der Waals surface area contributed by atoms with Crippen molar-refractivity contribution in [2.24, 2.45) is 0 Å². The van der Waals surface area contributed by atoms with Crippen LogP contribution in [0.15, 0.2) is 42.5 Å². The highest BCUT2D eigenvalue weighted by Gasteiger charge is 2.05. The van der Waals surface area contributed by atoms with E-state index >= 15 is 0 Å². The maximum Gasteiger partial charge on any atom is 0.123 e. The van der Waals surface area contributed by atoms with Crippen LogP contribution in [-0.2, 0) is 0 Å². The molecule has 0 spiro atoms. The van der Waals surface area contributed by atoms with E-state index in [0.717, 1.165) is 11.3 Å². The zero-order valence-electron chi connectivity index (χ0n) is 8.97. The number of rotatable bonds is 2. The Morgan fingerprint density at radius 3 is 2.69 bits per heavy atom. The topological polar surface area (TPSA) is 55.5 Å². The van der Waals surface area contributed by atoms with Gasteiger partial charge in [0.15, 0.2) is 0 Å². The molecule has 0 atom stereocenters. The first-order valence-electron chi connectivity index (χ1n) is 4.93. The monoisotopic (exact) mass is 215 g/mol. The Bertz CT molecular complexity index is 509. The third-order valence-corrected chi connectivity index (χ3v) is 2.40. The molecule has 0 unspecified atom stereocenters. The first-order chi connectivity index (χ1) is 7.70. The van der Waals surface area contributed by atoms with Gasteiger partial charge in [-0.05, 0) is 35.9 Å². The van der Waals surface area contributed by atoms with E-state index < -0.39 is 0 Å². The summed E-state index contributed by atoms with van der Waals surface area (Å²) in [6.45, 7) is 0. The number of methoxy groups -OCH3 is 1. The van der Waals surface area contributed by atoms with E-state index in [-0.39, 0.29) is 5.75 Å². The molecule has 0 aromatic heterocycles. The van der Waals surface area contributed by atoms with Gasteiger partial charge < -0.3 is 15.6 Å². The second-order valence-corrected chi connectivity index (χ2v) is 3.51. The predicted octanol–water partition coefficient (Wildman–Crippen LogP) is 2.65. The molecular formula is C13H13NO2. The first-order valence-corrected chi connectivity index (χ1v) is 4.93. The third-order valence-electron chi connectivity index (χ3n) is 2.40. The van der Waals surface area contributed by atoms with Crippen molar-refractivity contribution in [1.82, 2.24) is 0 Å². The Labute approximate surface area is 94.1 Å². The summed E-state index contributed by atoms with van der Waals surface area (Å²) in [4.78, 5) is 0. The zero-order chi connectivity index (χ0) is 11.5. The number of anilines is 1. The molecule has 0 aliphatic heterocycles. The number of hydrogen-bond acceptors (Lipinski definition) is 3. The number of ether oxygens (including phenoxy) is 1. The Kier molecular flexibility index (Phi) is 2.68. The van der Waals surface area contributed by atoms with Crippen LogP contribution in [0.5, 0.6) is 11.5 Å². The minimum atomic E-state index is 0.211. The summed E-state index contributed by atoms with van der Waals surface area (Å²) in [5.41, 5.74) is 7.90. The van der Waals surface area contributed by atoms with Gasteiger partial charge in [0.05, 0.1) is 7.11 Å². The SMILES string of the molecule is COc1cccc(-c2cc(N)ccc2O)c1. The minimum Gasteiger partial charge on any atom is -0.507 e. The summed E-state index contributed by atoms with van der Waals surface area (Å²) < 4.78 is 5.13. The second kappa shape index (κ2) is 4.14. The highest BCUT2D eigenvalue weighted by atomic mass is 16.5. The highest BCUT2D eigenvalue weighted by Crippen LogP contribution is 2.32. The van der Waals surface area contributed by atoms with E-state index in [9.17, 15) is 5.11 Å². The molecule has 2 rings (SSSR count). The van der Waals surface area contributed by atoms with Gasteiger partial charge in [0.2, 0.25) is 0 Å². The first kappa shape index (κ1) is 10.4. The molecule has 2 aromatic carbocycles. The van der Waals surface area contributed by atoms with Gasteiger partial charge in [-0.2, -0.15) is 0 Å². The van der Waals surface area contributed by atoms with Crippen LogP contribution in [0.1, 0.15) is 0 Å². The molecule has 16 heavy (non-hydrogen) atoms. The molecule has 0 amide bonds.